The van der Waals surface area contributed by atoms with E-state index in [1.54, 1.807) is 0 Å². The molecule has 5 heteroatoms. The Morgan fingerprint density at radius 1 is 1.36 bits per heavy atom. The van der Waals surface area contributed by atoms with Gasteiger partial charge in [-0.1, -0.05) is 12.5 Å². The molecule has 1 saturated carbocycles. The number of allylic oxidation sites excluding steroid dienone is 1. The van der Waals surface area contributed by atoms with E-state index in [1.807, 2.05) is 6.08 Å². The fourth-order valence-corrected chi connectivity index (χ4v) is 2.34. The molecule has 0 radical (unpaired) electrons. The van der Waals surface area contributed by atoms with Gasteiger partial charge in [0.15, 0.2) is 5.96 Å². The molecule has 1 amide bonds. The predicted octanol–water partition coefficient (Wildman–Crippen LogP) is 2.16. The SMILES string of the molecule is C=CCCCN(C)C(=NCCCNC(=O)C1CCC1)NCC. The largest absolute Gasteiger partial charge is 0.357 e. The smallest absolute Gasteiger partial charge is 0.223 e. The van der Waals surface area contributed by atoms with Crippen LogP contribution in [0, 0.1) is 5.92 Å². The van der Waals surface area contributed by atoms with Gasteiger partial charge in [-0.2, -0.15) is 0 Å². The quantitative estimate of drug-likeness (QED) is 0.281. The molecule has 1 aliphatic rings. The third-order valence-corrected chi connectivity index (χ3v) is 3.97. The van der Waals surface area contributed by atoms with Gasteiger partial charge >= 0.3 is 0 Å². The number of amides is 1. The predicted molar refractivity (Wildman–Crippen MR) is 93.0 cm³/mol. The summed E-state index contributed by atoms with van der Waals surface area (Å²) >= 11 is 0. The minimum Gasteiger partial charge on any atom is -0.357 e. The fraction of sp³-hybridized carbons (Fsp3) is 0.765. The first-order valence-electron chi connectivity index (χ1n) is 8.57. The van der Waals surface area contributed by atoms with Gasteiger partial charge in [0.2, 0.25) is 5.91 Å². The van der Waals surface area contributed by atoms with Crippen LogP contribution in [0.15, 0.2) is 17.6 Å². The van der Waals surface area contributed by atoms with Gasteiger partial charge in [0.05, 0.1) is 0 Å². The highest BCUT2D eigenvalue weighted by Gasteiger charge is 2.24. The lowest BCUT2D eigenvalue weighted by Gasteiger charge is -2.24. The maximum absolute atomic E-state index is 11.7. The van der Waals surface area contributed by atoms with Gasteiger partial charge in [-0.3, -0.25) is 9.79 Å². The molecule has 1 aliphatic carbocycles. The summed E-state index contributed by atoms with van der Waals surface area (Å²) in [6.45, 7) is 9.11. The maximum Gasteiger partial charge on any atom is 0.223 e. The Morgan fingerprint density at radius 2 is 2.14 bits per heavy atom. The molecule has 0 aliphatic heterocycles. The van der Waals surface area contributed by atoms with Gasteiger partial charge in [0, 0.05) is 39.1 Å². The first kappa shape index (κ1) is 18.5. The second kappa shape index (κ2) is 11.1. The third kappa shape index (κ3) is 6.96. The van der Waals surface area contributed by atoms with E-state index in [0.29, 0.717) is 0 Å². The second-order valence-corrected chi connectivity index (χ2v) is 5.86. The molecular formula is C17H32N4O. The number of nitrogens with zero attached hydrogens (tertiary/aromatic N) is 2. The molecule has 2 N–H and O–H groups in total. The molecule has 22 heavy (non-hydrogen) atoms. The highest BCUT2D eigenvalue weighted by atomic mass is 16.1. The van der Waals surface area contributed by atoms with Crippen LogP contribution in [0.5, 0.6) is 0 Å². The van der Waals surface area contributed by atoms with Crippen molar-refractivity contribution < 1.29 is 4.79 Å². The fourth-order valence-electron chi connectivity index (χ4n) is 2.34. The van der Waals surface area contributed by atoms with Crippen molar-refractivity contribution in [2.75, 3.05) is 33.2 Å². The molecular weight excluding hydrogens is 276 g/mol. The molecule has 1 fully saturated rings. The summed E-state index contributed by atoms with van der Waals surface area (Å²) in [5, 5.41) is 6.32. The Hall–Kier alpha value is -1.52. The van der Waals surface area contributed by atoms with Crippen LogP contribution >= 0.6 is 0 Å². The van der Waals surface area contributed by atoms with Crippen molar-refractivity contribution in [2.45, 2.75) is 45.4 Å². The zero-order valence-corrected chi connectivity index (χ0v) is 14.2. The van der Waals surface area contributed by atoms with Crippen molar-refractivity contribution in [3.05, 3.63) is 12.7 Å². The Kier molecular flexibility index (Phi) is 9.35. The monoisotopic (exact) mass is 308 g/mol. The van der Waals surface area contributed by atoms with Crippen molar-refractivity contribution in [1.29, 1.82) is 0 Å². The average Bonchev–Trinajstić information content (AvgIpc) is 2.44. The summed E-state index contributed by atoms with van der Waals surface area (Å²) in [6.07, 6.45) is 8.26. The van der Waals surface area contributed by atoms with Gasteiger partial charge in [-0.25, -0.2) is 0 Å². The topological polar surface area (TPSA) is 56.7 Å². The van der Waals surface area contributed by atoms with Gasteiger partial charge in [-0.15, -0.1) is 6.58 Å². The highest BCUT2D eigenvalue weighted by Crippen LogP contribution is 2.25. The summed E-state index contributed by atoms with van der Waals surface area (Å²) in [4.78, 5) is 18.5. The van der Waals surface area contributed by atoms with Gasteiger partial charge < -0.3 is 15.5 Å². The van der Waals surface area contributed by atoms with Gasteiger partial charge in [-0.05, 0) is 39.0 Å². The molecule has 5 nitrogen and oxygen atoms in total. The minimum absolute atomic E-state index is 0.226. The van der Waals surface area contributed by atoms with Crippen molar-refractivity contribution in [3.8, 4) is 0 Å². The summed E-state index contributed by atoms with van der Waals surface area (Å²) < 4.78 is 0. The lowest BCUT2D eigenvalue weighted by molar-refractivity contribution is -0.127. The number of carbonyl (C=O) groups is 1. The number of nitrogens with one attached hydrogen (secondary N) is 2. The van der Waals surface area contributed by atoms with E-state index in [2.05, 4.69) is 41.1 Å². The van der Waals surface area contributed by atoms with E-state index >= 15 is 0 Å². The van der Waals surface area contributed by atoms with Crippen LogP contribution in [0.3, 0.4) is 0 Å². The number of unbranched alkanes of at least 4 members (excludes halogenated alkanes) is 1. The summed E-state index contributed by atoms with van der Waals surface area (Å²) in [5.41, 5.74) is 0. The molecule has 0 bridgehead atoms. The molecule has 126 valence electrons. The number of carbonyl (C=O) groups excluding carboxylic acids is 1. The molecule has 0 aromatic carbocycles. The van der Waals surface area contributed by atoms with Gasteiger partial charge in [0.1, 0.15) is 0 Å². The molecule has 0 aromatic rings. The summed E-state index contributed by atoms with van der Waals surface area (Å²) in [5.74, 6) is 1.44. The lowest BCUT2D eigenvalue weighted by atomic mass is 9.85. The van der Waals surface area contributed by atoms with E-state index in [9.17, 15) is 4.79 Å². The number of rotatable bonds is 10. The molecule has 0 atom stereocenters. The normalized spacial score (nSPS) is 15.1. The van der Waals surface area contributed by atoms with Crippen LogP contribution in [-0.2, 0) is 4.79 Å². The standard InChI is InChI=1S/C17H32N4O/c1-4-6-7-14-21(3)17(18-5-2)20-13-9-12-19-16(22)15-10-8-11-15/h4,15H,1,5-14H2,2-3H3,(H,18,20)(H,19,22). The van der Waals surface area contributed by atoms with Crippen LogP contribution in [0.4, 0.5) is 0 Å². The van der Waals surface area contributed by atoms with Crippen LogP contribution < -0.4 is 10.6 Å². The number of hydrogen-bond donors (Lipinski definition) is 2. The van der Waals surface area contributed by atoms with Crippen molar-refractivity contribution in [2.24, 2.45) is 10.9 Å². The van der Waals surface area contributed by atoms with Crippen LogP contribution in [0.1, 0.15) is 45.4 Å². The van der Waals surface area contributed by atoms with Crippen molar-refractivity contribution in [3.63, 3.8) is 0 Å². The van der Waals surface area contributed by atoms with Crippen molar-refractivity contribution >= 4 is 11.9 Å². The number of hydrogen-bond acceptors (Lipinski definition) is 2. The summed E-state index contributed by atoms with van der Waals surface area (Å²) in [6, 6.07) is 0. The molecule has 0 heterocycles. The minimum atomic E-state index is 0.226. The lowest BCUT2D eigenvalue weighted by Crippen LogP contribution is -2.39. The van der Waals surface area contributed by atoms with E-state index in [4.69, 9.17) is 0 Å². The van der Waals surface area contributed by atoms with E-state index in [0.717, 1.165) is 64.2 Å². The Bertz CT molecular complexity index is 364. The first-order chi connectivity index (χ1) is 10.7. The summed E-state index contributed by atoms with van der Waals surface area (Å²) in [7, 11) is 2.06. The zero-order chi connectivity index (χ0) is 16.2. The van der Waals surface area contributed by atoms with E-state index in [-0.39, 0.29) is 11.8 Å². The molecule has 0 saturated heterocycles. The van der Waals surface area contributed by atoms with Crippen LogP contribution in [0.25, 0.3) is 0 Å². The first-order valence-corrected chi connectivity index (χ1v) is 8.57. The van der Waals surface area contributed by atoms with Crippen LogP contribution in [-0.4, -0.2) is 50.0 Å². The Labute approximate surface area is 135 Å². The van der Waals surface area contributed by atoms with Gasteiger partial charge in [0.25, 0.3) is 0 Å². The molecule has 1 rings (SSSR count). The Balaban J connectivity index is 2.22. The molecule has 0 aromatic heterocycles. The average molecular weight is 308 g/mol. The zero-order valence-electron chi connectivity index (χ0n) is 14.2. The number of guanidine groups is 1. The highest BCUT2D eigenvalue weighted by molar-refractivity contribution is 5.80. The second-order valence-electron chi connectivity index (χ2n) is 5.86. The number of aliphatic imine (C=N–C) groups is 1. The van der Waals surface area contributed by atoms with E-state index in [1.165, 1.54) is 6.42 Å². The van der Waals surface area contributed by atoms with E-state index < -0.39 is 0 Å². The maximum atomic E-state index is 11.7. The van der Waals surface area contributed by atoms with Crippen molar-refractivity contribution in [1.82, 2.24) is 15.5 Å². The third-order valence-electron chi connectivity index (χ3n) is 3.97. The molecule has 0 unspecified atom stereocenters. The van der Waals surface area contributed by atoms with Crippen LogP contribution in [0.2, 0.25) is 0 Å². The Morgan fingerprint density at radius 3 is 2.73 bits per heavy atom. The molecule has 0 spiro atoms.